The van der Waals surface area contributed by atoms with Crippen molar-refractivity contribution in [2.24, 2.45) is 5.92 Å². The van der Waals surface area contributed by atoms with Gasteiger partial charge >= 0.3 is 6.09 Å². The number of ether oxygens (including phenoxy) is 1. The van der Waals surface area contributed by atoms with E-state index in [1.54, 1.807) is 34.1 Å². The lowest BCUT2D eigenvalue weighted by molar-refractivity contribution is -0.171. The molecule has 3 fully saturated rings. The molecule has 1 aliphatic carbocycles. The molecular weight excluding hydrogens is 482 g/mol. The first-order valence-electron chi connectivity index (χ1n) is 13.7. The van der Waals surface area contributed by atoms with Crippen molar-refractivity contribution >= 4 is 23.7 Å². The summed E-state index contributed by atoms with van der Waals surface area (Å²) >= 11 is 0. The first kappa shape index (κ1) is 25.9. The molecule has 2 saturated heterocycles. The van der Waals surface area contributed by atoms with Crippen LogP contribution in [0.15, 0.2) is 54.6 Å². The lowest BCUT2D eigenvalue weighted by Crippen LogP contribution is -2.73. The highest BCUT2D eigenvalue weighted by Gasteiger charge is 2.51. The van der Waals surface area contributed by atoms with E-state index in [1.165, 1.54) is 6.92 Å². The van der Waals surface area contributed by atoms with Gasteiger partial charge in [0.2, 0.25) is 11.8 Å². The van der Waals surface area contributed by atoms with E-state index in [4.69, 9.17) is 4.74 Å². The van der Waals surface area contributed by atoms with Gasteiger partial charge in [0.25, 0.3) is 0 Å². The number of nitrogens with zero attached hydrogens (tertiary/aromatic N) is 3. The molecule has 3 amide bonds. The standard InChI is InChI=1S/C30H35N3O5/c1-21(34)23-12-14-25(15-13-23)38-30(37)32-19-17-27(35)33-26(32)20-31(18-16-22-8-4-2-5-9-22)29(36)28(33)24-10-6-3-7-11-24/h2,4-5,8-9,12-15,24,26,28H,3,6-7,10-11,16-20H2,1H3/t26-,28+/m1/s1. The molecule has 1 saturated carbocycles. The molecule has 2 atom stereocenters. The summed E-state index contributed by atoms with van der Waals surface area (Å²) in [7, 11) is 0. The molecule has 0 unspecified atom stereocenters. The Bertz CT molecular complexity index is 1180. The molecule has 200 valence electrons. The number of piperazine rings is 1. The number of fused-ring (bicyclic) bond motifs is 1. The molecule has 0 bridgehead atoms. The zero-order valence-corrected chi connectivity index (χ0v) is 21.9. The fourth-order valence-electron chi connectivity index (χ4n) is 6.05. The van der Waals surface area contributed by atoms with Gasteiger partial charge in [0.05, 0.1) is 6.54 Å². The van der Waals surface area contributed by atoms with Gasteiger partial charge in [-0.3, -0.25) is 19.3 Å². The average molecular weight is 518 g/mol. The van der Waals surface area contributed by atoms with Crippen molar-refractivity contribution < 1.29 is 23.9 Å². The summed E-state index contributed by atoms with van der Waals surface area (Å²) in [6.07, 6.45) is 4.81. The second kappa shape index (κ2) is 11.4. The van der Waals surface area contributed by atoms with Crippen LogP contribution in [-0.4, -0.2) is 70.2 Å². The van der Waals surface area contributed by atoms with Crippen LogP contribution < -0.4 is 4.74 Å². The highest BCUT2D eigenvalue weighted by molar-refractivity contribution is 5.94. The normalized spacial score (nSPS) is 22.3. The molecule has 8 heteroatoms. The first-order valence-corrected chi connectivity index (χ1v) is 13.7. The van der Waals surface area contributed by atoms with Crippen molar-refractivity contribution in [3.63, 3.8) is 0 Å². The van der Waals surface area contributed by atoms with Crippen molar-refractivity contribution in [1.82, 2.24) is 14.7 Å². The largest absolute Gasteiger partial charge is 0.416 e. The van der Waals surface area contributed by atoms with Crippen LogP contribution in [0.5, 0.6) is 5.75 Å². The molecule has 38 heavy (non-hydrogen) atoms. The van der Waals surface area contributed by atoms with E-state index in [0.717, 1.165) is 37.7 Å². The van der Waals surface area contributed by atoms with Crippen LogP contribution in [-0.2, 0) is 16.0 Å². The SMILES string of the molecule is CC(=O)c1ccc(OC(=O)N2CCC(=O)N3[C@@H](C4CCCCC4)C(=O)N(CCc4ccccc4)C[C@H]23)cc1. The molecule has 0 N–H and O–H groups in total. The van der Waals surface area contributed by atoms with E-state index in [0.29, 0.717) is 24.3 Å². The molecule has 2 aromatic rings. The Kier molecular flexibility index (Phi) is 7.77. The van der Waals surface area contributed by atoms with Crippen molar-refractivity contribution in [2.45, 2.75) is 64.1 Å². The Morgan fingerprint density at radius 3 is 2.34 bits per heavy atom. The third kappa shape index (κ3) is 5.44. The van der Waals surface area contributed by atoms with Gasteiger partial charge in [0.15, 0.2) is 5.78 Å². The molecule has 0 aromatic heterocycles. The highest BCUT2D eigenvalue weighted by Crippen LogP contribution is 2.36. The van der Waals surface area contributed by atoms with E-state index in [-0.39, 0.29) is 43.0 Å². The van der Waals surface area contributed by atoms with Gasteiger partial charge < -0.3 is 14.5 Å². The van der Waals surface area contributed by atoms with E-state index < -0.39 is 18.3 Å². The third-order valence-electron chi connectivity index (χ3n) is 8.09. The maximum absolute atomic E-state index is 13.9. The van der Waals surface area contributed by atoms with Crippen molar-refractivity contribution in [3.05, 3.63) is 65.7 Å². The number of carbonyl (C=O) groups excluding carboxylic acids is 4. The zero-order chi connectivity index (χ0) is 26.6. The van der Waals surface area contributed by atoms with Gasteiger partial charge in [-0.05, 0) is 61.9 Å². The Morgan fingerprint density at radius 1 is 0.947 bits per heavy atom. The summed E-state index contributed by atoms with van der Waals surface area (Å²) in [4.78, 5) is 57.3. The predicted molar refractivity (Wildman–Crippen MR) is 142 cm³/mol. The van der Waals surface area contributed by atoms with Crippen LogP contribution in [0, 0.1) is 5.92 Å². The number of rotatable bonds is 6. The van der Waals surface area contributed by atoms with Crippen LogP contribution in [0.1, 0.15) is 61.4 Å². The average Bonchev–Trinajstić information content (AvgIpc) is 2.93. The molecule has 3 aliphatic rings. The number of Topliss-reactive ketones (excluding diaryl/α,β-unsaturated/α-hetero) is 1. The van der Waals surface area contributed by atoms with E-state index >= 15 is 0 Å². The van der Waals surface area contributed by atoms with Crippen LogP contribution in [0.25, 0.3) is 0 Å². The van der Waals surface area contributed by atoms with Gasteiger partial charge in [-0.15, -0.1) is 0 Å². The first-order chi connectivity index (χ1) is 18.4. The zero-order valence-electron chi connectivity index (χ0n) is 21.9. The Labute approximate surface area is 223 Å². The molecule has 0 spiro atoms. The number of hydrogen-bond donors (Lipinski definition) is 0. The quantitative estimate of drug-likeness (QED) is 0.534. The Morgan fingerprint density at radius 2 is 1.66 bits per heavy atom. The van der Waals surface area contributed by atoms with Gasteiger partial charge in [-0.25, -0.2) is 4.79 Å². The van der Waals surface area contributed by atoms with Gasteiger partial charge in [0.1, 0.15) is 18.0 Å². The molecule has 2 aliphatic heterocycles. The summed E-state index contributed by atoms with van der Waals surface area (Å²) < 4.78 is 5.68. The summed E-state index contributed by atoms with van der Waals surface area (Å²) in [6, 6.07) is 15.9. The minimum absolute atomic E-state index is 0.00697. The fraction of sp³-hybridized carbons (Fsp3) is 0.467. The van der Waals surface area contributed by atoms with Crippen molar-refractivity contribution in [1.29, 1.82) is 0 Å². The number of carbonyl (C=O) groups is 4. The molecule has 8 nitrogen and oxygen atoms in total. The molecular formula is C30H35N3O5. The molecule has 0 radical (unpaired) electrons. The smallest absolute Gasteiger partial charge is 0.410 e. The maximum Gasteiger partial charge on any atom is 0.416 e. The lowest BCUT2D eigenvalue weighted by Gasteiger charge is -2.53. The fourth-order valence-corrected chi connectivity index (χ4v) is 6.05. The van der Waals surface area contributed by atoms with Crippen LogP contribution in [0.3, 0.4) is 0 Å². The third-order valence-corrected chi connectivity index (χ3v) is 8.09. The second-order valence-corrected chi connectivity index (χ2v) is 10.5. The summed E-state index contributed by atoms with van der Waals surface area (Å²) in [5.74, 6) is 0.283. The molecule has 2 heterocycles. The second-order valence-electron chi connectivity index (χ2n) is 10.5. The summed E-state index contributed by atoms with van der Waals surface area (Å²) in [5, 5.41) is 0. The van der Waals surface area contributed by atoms with Crippen LogP contribution >= 0.6 is 0 Å². The lowest BCUT2D eigenvalue weighted by atomic mass is 9.81. The summed E-state index contributed by atoms with van der Waals surface area (Å²) in [5.41, 5.74) is 1.68. The highest BCUT2D eigenvalue weighted by atomic mass is 16.6. The van der Waals surface area contributed by atoms with Gasteiger partial charge in [-0.2, -0.15) is 0 Å². The number of hydrogen-bond acceptors (Lipinski definition) is 5. The van der Waals surface area contributed by atoms with E-state index in [2.05, 4.69) is 0 Å². The summed E-state index contributed by atoms with van der Waals surface area (Å²) in [6.45, 7) is 2.51. The molecule has 2 aromatic carbocycles. The van der Waals surface area contributed by atoms with Gasteiger partial charge in [0, 0.05) is 25.1 Å². The van der Waals surface area contributed by atoms with Crippen LogP contribution in [0.4, 0.5) is 4.79 Å². The predicted octanol–water partition coefficient (Wildman–Crippen LogP) is 4.28. The minimum Gasteiger partial charge on any atom is -0.410 e. The minimum atomic E-state index is -0.569. The number of amides is 3. The van der Waals surface area contributed by atoms with Crippen molar-refractivity contribution in [3.8, 4) is 5.75 Å². The topological polar surface area (TPSA) is 87.2 Å². The Balaban J connectivity index is 1.39. The van der Waals surface area contributed by atoms with Gasteiger partial charge in [-0.1, -0.05) is 49.6 Å². The van der Waals surface area contributed by atoms with E-state index in [1.807, 2.05) is 35.2 Å². The molecule has 5 rings (SSSR count). The van der Waals surface area contributed by atoms with Crippen LogP contribution in [0.2, 0.25) is 0 Å². The van der Waals surface area contributed by atoms with Crippen molar-refractivity contribution in [2.75, 3.05) is 19.6 Å². The number of benzene rings is 2. The monoisotopic (exact) mass is 517 g/mol. The van der Waals surface area contributed by atoms with E-state index in [9.17, 15) is 19.2 Å². The number of ketones is 1. The maximum atomic E-state index is 13.9. The Hall–Kier alpha value is -3.68.